The van der Waals surface area contributed by atoms with Crippen LogP contribution in [-0.4, -0.2) is 25.8 Å². The van der Waals surface area contributed by atoms with Crippen molar-refractivity contribution >= 4 is 0 Å². The van der Waals surface area contributed by atoms with E-state index in [4.69, 9.17) is 4.74 Å². The molecule has 1 fully saturated rings. The highest BCUT2D eigenvalue weighted by molar-refractivity contribution is 4.72. The predicted octanol–water partition coefficient (Wildman–Crippen LogP) is 2.36. The molecule has 1 heterocycles. The van der Waals surface area contributed by atoms with Crippen molar-refractivity contribution in [2.75, 3.05) is 19.8 Å². The molecular weight excluding hydrogens is 174 g/mol. The second kappa shape index (κ2) is 7.02. The molecule has 2 heteroatoms. The number of nitrogens with one attached hydrogen (secondary N) is 1. The lowest BCUT2D eigenvalue weighted by Gasteiger charge is -2.14. The van der Waals surface area contributed by atoms with E-state index in [1.807, 2.05) is 6.08 Å². The van der Waals surface area contributed by atoms with Crippen molar-refractivity contribution in [1.29, 1.82) is 0 Å². The molecule has 0 radical (unpaired) electrons. The summed E-state index contributed by atoms with van der Waals surface area (Å²) in [4.78, 5) is 0. The van der Waals surface area contributed by atoms with Crippen LogP contribution in [0.25, 0.3) is 0 Å². The molecule has 2 unspecified atom stereocenters. The van der Waals surface area contributed by atoms with Crippen molar-refractivity contribution in [3.8, 4) is 0 Å². The van der Waals surface area contributed by atoms with Gasteiger partial charge in [0.2, 0.25) is 0 Å². The molecule has 1 saturated heterocycles. The molecular formula is C12H23NO. The third-order valence-electron chi connectivity index (χ3n) is 2.87. The van der Waals surface area contributed by atoms with Gasteiger partial charge in [-0.05, 0) is 45.1 Å². The van der Waals surface area contributed by atoms with Gasteiger partial charge in [-0.3, -0.25) is 0 Å². The van der Waals surface area contributed by atoms with Crippen LogP contribution < -0.4 is 5.32 Å². The molecule has 0 aromatic rings. The first kappa shape index (κ1) is 11.7. The van der Waals surface area contributed by atoms with Crippen molar-refractivity contribution in [2.24, 2.45) is 5.92 Å². The Balaban J connectivity index is 1.93. The van der Waals surface area contributed by atoms with E-state index in [1.54, 1.807) is 0 Å². The van der Waals surface area contributed by atoms with E-state index in [1.165, 1.54) is 19.3 Å². The third-order valence-corrected chi connectivity index (χ3v) is 2.87. The Morgan fingerprint density at radius 1 is 1.64 bits per heavy atom. The van der Waals surface area contributed by atoms with Crippen LogP contribution in [0.2, 0.25) is 0 Å². The molecule has 1 N–H and O–H groups in total. The molecule has 0 aromatic carbocycles. The molecule has 1 aliphatic rings. The molecule has 0 aliphatic carbocycles. The average Bonchev–Trinajstić information content (AvgIpc) is 2.67. The Morgan fingerprint density at radius 3 is 3.14 bits per heavy atom. The Kier molecular flexibility index (Phi) is 5.88. The maximum Gasteiger partial charge on any atom is 0.0495 e. The van der Waals surface area contributed by atoms with Gasteiger partial charge in [0, 0.05) is 19.3 Å². The second-order valence-electron chi connectivity index (χ2n) is 4.24. The first-order valence-electron chi connectivity index (χ1n) is 5.75. The van der Waals surface area contributed by atoms with E-state index < -0.39 is 0 Å². The normalized spacial score (nSPS) is 23.6. The van der Waals surface area contributed by atoms with Gasteiger partial charge in [0.1, 0.15) is 0 Å². The molecule has 0 saturated carbocycles. The van der Waals surface area contributed by atoms with Gasteiger partial charge in [-0.1, -0.05) is 6.08 Å². The number of hydrogen-bond acceptors (Lipinski definition) is 2. The van der Waals surface area contributed by atoms with Gasteiger partial charge >= 0.3 is 0 Å². The molecule has 82 valence electrons. The quantitative estimate of drug-likeness (QED) is 0.633. The maximum atomic E-state index is 5.34. The maximum absolute atomic E-state index is 5.34. The molecule has 1 aliphatic heterocycles. The Hall–Kier alpha value is -0.340. The van der Waals surface area contributed by atoms with E-state index in [0.717, 1.165) is 32.1 Å². The highest BCUT2D eigenvalue weighted by Gasteiger charge is 2.14. The van der Waals surface area contributed by atoms with Crippen molar-refractivity contribution in [3.63, 3.8) is 0 Å². The lowest BCUT2D eigenvalue weighted by molar-refractivity contribution is 0.184. The van der Waals surface area contributed by atoms with Gasteiger partial charge < -0.3 is 10.1 Å². The van der Waals surface area contributed by atoms with Crippen LogP contribution in [0.5, 0.6) is 0 Å². The van der Waals surface area contributed by atoms with Crippen molar-refractivity contribution in [1.82, 2.24) is 5.32 Å². The van der Waals surface area contributed by atoms with Gasteiger partial charge in [0.25, 0.3) is 0 Å². The highest BCUT2D eigenvalue weighted by atomic mass is 16.5. The summed E-state index contributed by atoms with van der Waals surface area (Å²) < 4.78 is 5.34. The zero-order valence-electron chi connectivity index (χ0n) is 9.30. The predicted molar refractivity (Wildman–Crippen MR) is 60.4 cm³/mol. The van der Waals surface area contributed by atoms with Crippen LogP contribution in [-0.2, 0) is 4.74 Å². The Bertz CT molecular complexity index is 152. The minimum atomic E-state index is 0.621. The summed E-state index contributed by atoms with van der Waals surface area (Å²) in [5.74, 6) is 0.800. The lowest BCUT2D eigenvalue weighted by atomic mass is 10.0. The van der Waals surface area contributed by atoms with E-state index >= 15 is 0 Å². The zero-order valence-corrected chi connectivity index (χ0v) is 9.30. The summed E-state index contributed by atoms with van der Waals surface area (Å²) >= 11 is 0. The van der Waals surface area contributed by atoms with Crippen LogP contribution in [0.15, 0.2) is 12.7 Å². The lowest BCUT2D eigenvalue weighted by Crippen LogP contribution is -2.28. The summed E-state index contributed by atoms with van der Waals surface area (Å²) in [6, 6.07) is 0.621. The molecule has 2 atom stereocenters. The minimum Gasteiger partial charge on any atom is -0.381 e. The largest absolute Gasteiger partial charge is 0.381 e. The fraction of sp³-hybridized carbons (Fsp3) is 0.833. The highest BCUT2D eigenvalue weighted by Crippen LogP contribution is 2.15. The number of rotatable bonds is 7. The Morgan fingerprint density at radius 2 is 2.50 bits per heavy atom. The average molecular weight is 197 g/mol. The topological polar surface area (TPSA) is 21.3 Å². The molecule has 0 bridgehead atoms. The standard InChI is InChI=1S/C12H23NO/c1-3-4-5-11(2)13-8-6-12-7-9-14-10-12/h3,11-13H,1,4-10H2,2H3. The van der Waals surface area contributed by atoms with Gasteiger partial charge in [-0.15, -0.1) is 6.58 Å². The van der Waals surface area contributed by atoms with Gasteiger partial charge in [0.05, 0.1) is 0 Å². The third kappa shape index (κ3) is 4.77. The zero-order chi connectivity index (χ0) is 10.2. The summed E-state index contributed by atoms with van der Waals surface area (Å²) in [6.45, 7) is 9.05. The monoisotopic (exact) mass is 197 g/mol. The SMILES string of the molecule is C=CCCC(C)NCCC1CCOC1. The molecule has 0 aromatic heterocycles. The van der Waals surface area contributed by atoms with Crippen LogP contribution in [0.1, 0.15) is 32.6 Å². The van der Waals surface area contributed by atoms with E-state index in [0.29, 0.717) is 6.04 Å². The number of ether oxygens (including phenoxy) is 1. The van der Waals surface area contributed by atoms with Gasteiger partial charge in [-0.25, -0.2) is 0 Å². The fourth-order valence-electron chi connectivity index (χ4n) is 1.81. The molecule has 14 heavy (non-hydrogen) atoms. The van der Waals surface area contributed by atoms with Crippen molar-refractivity contribution in [2.45, 2.75) is 38.6 Å². The van der Waals surface area contributed by atoms with Crippen molar-refractivity contribution in [3.05, 3.63) is 12.7 Å². The molecule has 0 spiro atoms. The van der Waals surface area contributed by atoms with Crippen molar-refractivity contribution < 1.29 is 4.74 Å². The first-order valence-corrected chi connectivity index (χ1v) is 5.75. The smallest absolute Gasteiger partial charge is 0.0495 e. The van der Waals surface area contributed by atoms with Crippen LogP contribution in [0.4, 0.5) is 0 Å². The van der Waals surface area contributed by atoms with Crippen LogP contribution in [0.3, 0.4) is 0 Å². The van der Waals surface area contributed by atoms with Gasteiger partial charge in [0.15, 0.2) is 0 Å². The van der Waals surface area contributed by atoms with E-state index in [9.17, 15) is 0 Å². The summed E-state index contributed by atoms with van der Waals surface area (Å²) in [7, 11) is 0. The van der Waals surface area contributed by atoms with E-state index in [-0.39, 0.29) is 0 Å². The molecule has 2 nitrogen and oxygen atoms in total. The van der Waals surface area contributed by atoms with Gasteiger partial charge in [-0.2, -0.15) is 0 Å². The van der Waals surface area contributed by atoms with Crippen LogP contribution >= 0.6 is 0 Å². The summed E-state index contributed by atoms with van der Waals surface area (Å²) in [5, 5.41) is 3.54. The molecule has 1 rings (SSSR count). The van der Waals surface area contributed by atoms with E-state index in [2.05, 4.69) is 18.8 Å². The number of allylic oxidation sites excluding steroid dienone is 1. The molecule has 0 amide bonds. The minimum absolute atomic E-state index is 0.621. The first-order chi connectivity index (χ1) is 6.83. The summed E-state index contributed by atoms with van der Waals surface area (Å²) in [5.41, 5.74) is 0. The fourth-order valence-corrected chi connectivity index (χ4v) is 1.81. The number of hydrogen-bond donors (Lipinski definition) is 1. The second-order valence-corrected chi connectivity index (χ2v) is 4.24. The summed E-state index contributed by atoms with van der Waals surface area (Å²) in [6.07, 6.45) is 6.81. The Labute approximate surface area is 87.7 Å². The van der Waals surface area contributed by atoms with Crippen LogP contribution in [0, 0.1) is 5.92 Å².